The second-order valence-electron chi connectivity index (χ2n) is 4.07. The molecule has 5 nitrogen and oxygen atoms in total. The van der Waals surface area contributed by atoms with Crippen LogP contribution in [-0.4, -0.2) is 22.8 Å². The molecule has 2 rings (SSSR count). The van der Waals surface area contributed by atoms with Gasteiger partial charge in [-0.15, -0.1) is 5.10 Å². The lowest BCUT2D eigenvalue weighted by Gasteiger charge is -1.98. The van der Waals surface area contributed by atoms with Gasteiger partial charge in [-0.1, -0.05) is 18.4 Å². The van der Waals surface area contributed by atoms with Crippen LogP contribution in [0.5, 0.6) is 0 Å². The fourth-order valence-corrected chi connectivity index (χ4v) is 1.81. The van der Waals surface area contributed by atoms with E-state index in [1.54, 1.807) is 0 Å². The molecule has 5 heteroatoms. The molecule has 1 aliphatic carbocycles. The second kappa shape index (κ2) is 4.61. The van der Waals surface area contributed by atoms with Gasteiger partial charge in [0.2, 0.25) is 5.89 Å². The Morgan fingerprint density at radius 1 is 1.53 bits per heavy atom. The number of aromatic nitrogens is 2. The fraction of sp³-hybridized carbons (Fsp3) is 0.800. The third kappa shape index (κ3) is 2.68. The van der Waals surface area contributed by atoms with E-state index in [-0.39, 0.29) is 0 Å². The molecule has 84 valence electrons. The predicted octanol–water partition coefficient (Wildman–Crippen LogP) is 1.17. The molecule has 0 aliphatic heterocycles. The summed E-state index contributed by atoms with van der Waals surface area (Å²) in [5.41, 5.74) is 5.40. The Hall–Kier alpha value is -1.10. The van der Waals surface area contributed by atoms with Crippen LogP contribution in [0.1, 0.15) is 32.1 Å². The molecule has 3 N–H and O–H groups in total. The molecule has 15 heavy (non-hydrogen) atoms. The first-order valence-electron chi connectivity index (χ1n) is 5.62. The van der Waals surface area contributed by atoms with E-state index in [1.807, 2.05) is 0 Å². The standard InChI is InChI=1S/C10H18N4O/c1-2-3-7-6-8(7)12-10-14-13-9(15-10)4-5-11/h7-8H,2-6,11H2,1H3,(H,12,14). The first-order valence-corrected chi connectivity index (χ1v) is 5.62. The van der Waals surface area contributed by atoms with E-state index in [0.717, 1.165) is 5.92 Å². The lowest BCUT2D eigenvalue weighted by atomic mass is 10.2. The highest BCUT2D eigenvalue weighted by Gasteiger charge is 2.36. The van der Waals surface area contributed by atoms with Gasteiger partial charge in [0.05, 0.1) is 0 Å². The molecular formula is C10H18N4O. The maximum Gasteiger partial charge on any atom is 0.315 e. The van der Waals surface area contributed by atoms with Crippen molar-refractivity contribution >= 4 is 6.01 Å². The van der Waals surface area contributed by atoms with E-state index in [1.165, 1.54) is 19.3 Å². The summed E-state index contributed by atoms with van der Waals surface area (Å²) < 4.78 is 5.39. The van der Waals surface area contributed by atoms with Gasteiger partial charge in [0.15, 0.2) is 0 Å². The van der Waals surface area contributed by atoms with Gasteiger partial charge in [0.1, 0.15) is 0 Å². The normalized spacial score (nSPS) is 24.1. The van der Waals surface area contributed by atoms with E-state index >= 15 is 0 Å². The summed E-state index contributed by atoms with van der Waals surface area (Å²) in [6.07, 6.45) is 4.40. The molecule has 1 fully saturated rings. The molecule has 0 spiro atoms. The molecule has 0 saturated heterocycles. The Morgan fingerprint density at radius 3 is 3.13 bits per heavy atom. The van der Waals surface area contributed by atoms with Crippen molar-refractivity contribution < 1.29 is 4.42 Å². The Kier molecular flexibility index (Phi) is 3.20. The first-order chi connectivity index (χ1) is 7.33. The van der Waals surface area contributed by atoms with Crippen LogP contribution < -0.4 is 11.1 Å². The molecule has 0 aromatic carbocycles. The van der Waals surface area contributed by atoms with Crippen LogP contribution >= 0.6 is 0 Å². The number of hydrogen-bond acceptors (Lipinski definition) is 5. The van der Waals surface area contributed by atoms with E-state index in [0.29, 0.717) is 30.9 Å². The highest BCUT2D eigenvalue weighted by atomic mass is 16.4. The van der Waals surface area contributed by atoms with Crippen molar-refractivity contribution in [3.63, 3.8) is 0 Å². The largest absolute Gasteiger partial charge is 0.408 e. The van der Waals surface area contributed by atoms with Crippen LogP contribution in [0.15, 0.2) is 4.42 Å². The van der Waals surface area contributed by atoms with Gasteiger partial charge < -0.3 is 15.5 Å². The molecule has 1 aromatic rings. The van der Waals surface area contributed by atoms with E-state index in [4.69, 9.17) is 10.2 Å². The van der Waals surface area contributed by atoms with Crippen molar-refractivity contribution in [1.82, 2.24) is 10.2 Å². The highest BCUT2D eigenvalue weighted by Crippen LogP contribution is 2.36. The number of hydrogen-bond donors (Lipinski definition) is 2. The second-order valence-corrected chi connectivity index (χ2v) is 4.07. The summed E-state index contributed by atoms with van der Waals surface area (Å²) in [5.74, 6) is 1.41. The molecule has 0 radical (unpaired) electrons. The van der Waals surface area contributed by atoms with Gasteiger partial charge in [0, 0.05) is 19.0 Å². The van der Waals surface area contributed by atoms with Crippen molar-refractivity contribution in [2.45, 2.75) is 38.6 Å². The van der Waals surface area contributed by atoms with Crippen molar-refractivity contribution in [2.24, 2.45) is 11.7 Å². The molecule has 2 unspecified atom stereocenters. The van der Waals surface area contributed by atoms with Gasteiger partial charge in [-0.05, 0) is 18.8 Å². The van der Waals surface area contributed by atoms with Crippen molar-refractivity contribution in [3.8, 4) is 0 Å². The summed E-state index contributed by atoms with van der Waals surface area (Å²) in [6.45, 7) is 2.75. The van der Waals surface area contributed by atoms with Gasteiger partial charge in [-0.2, -0.15) is 0 Å². The van der Waals surface area contributed by atoms with Gasteiger partial charge >= 0.3 is 6.01 Å². The smallest absolute Gasteiger partial charge is 0.315 e. The summed E-state index contributed by atoms with van der Waals surface area (Å²) in [4.78, 5) is 0. The van der Waals surface area contributed by atoms with Gasteiger partial charge in [-0.3, -0.25) is 0 Å². The van der Waals surface area contributed by atoms with Crippen LogP contribution in [0, 0.1) is 5.92 Å². The Labute approximate surface area is 89.4 Å². The summed E-state index contributed by atoms with van der Waals surface area (Å²) in [5, 5.41) is 11.1. The minimum absolute atomic E-state index is 0.538. The summed E-state index contributed by atoms with van der Waals surface area (Å²) in [6, 6.07) is 1.08. The number of anilines is 1. The molecule has 1 aromatic heterocycles. The lowest BCUT2D eigenvalue weighted by Crippen LogP contribution is -2.04. The minimum Gasteiger partial charge on any atom is -0.408 e. The maximum atomic E-state index is 5.40. The molecule has 1 saturated carbocycles. The molecule has 1 aliphatic rings. The van der Waals surface area contributed by atoms with Gasteiger partial charge in [-0.25, -0.2) is 0 Å². The van der Waals surface area contributed by atoms with Crippen LogP contribution in [0.3, 0.4) is 0 Å². The summed E-state index contributed by atoms with van der Waals surface area (Å²) in [7, 11) is 0. The van der Waals surface area contributed by atoms with Crippen molar-refractivity contribution in [1.29, 1.82) is 0 Å². The molecular weight excluding hydrogens is 192 g/mol. The predicted molar refractivity (Wildman–Crippen MR) is 57.5 cm³/mol. The number of rotatable bonds is 6. The zero-order chi connectivity index (χ0) is 10.7. The number of nitrogens with zero attached hydrogens (tertiary/aromatic N) is 2. The van der Waals surface area contributed by atoms with E-state index in [9.17, 15) is 0 Å². The van der Waals surface area contributed by atoms with E-state index in [2.05, 4.69) is 22.4 Å². The third-order valence-corrected chi connectivity index (χ3v) is 2.72. The zero-order valence-electron chi connectivity index (χ0n) is 9.07. The fourth-order valence-electron chi connectivity index (χ4n) is 1.81. The van der Waals surface area contributed by atoms with Crippen LogP contribution in [-0.2, 0) is 6.42 Å². The first kappa shape index (κ1) is 10.4. The summed E-state index contributed by atoms with van der Waals surface area (Å²) >= 11 is 0. The average molecular weight is 210 g/mol. The van der Waals surface area contributed by atoms with Crippen LogP contribution in [0.25, 0.3) is 0 Å². The maximum absolute atomic E-state index is 5.40. The molecule has 0 amide bonds. The quantitative estimate of drug-likeness (QED) is 0.737. The van der Waals surface area contributed by atoms with Crippen molar-refractivity contribution in [2.75, 3.05) is 11.9 Å². The molecule has 0 bridgehead atoms. The minimum atomic E-state index is 0.538. The SMILES string of the molecule is CCCC1CC1Nc1nnc(CCN)o1. The van der Waals surface area contributed by atoms with E-state index < -0.39 is 0 Å². The van der Waals surface area contributed by atoms with Gasteiger partial charge in [0.25, 0.3) is 0 Å². The monoisotopic (exact) mass is 210 g/mol. The van der Waals surface area contributed by atoms with Crippen LogP contribution in [0.4, 0.5) is 6.01 Å². The van der Waals surface area contributed by atoms with Crippen molar-refractivity contribution in [3.05, 3.63) is 5.89 Å². The Bertz CT molecular complexity index is 312. The Morgan fingerprint density at radius 2 is 2.40 bits per heavy atom. The third-order valence-electron chi connectivity index (χ3n) is 2.72. The lowest BCUT2D eigenvalue weighted by molar-refractivity contribution is 0.504. The average Bonchev–Trinajstić information content (AvgIpc) is 2.76. The Balaban J connectivity index is 1.79. The number of nitrogens with one attached hydrogen (secondary N) is 1. The highest BCUT2D eigenvalue weighted by molar-refractivity contribution is 5.24. The molecule has 2 atom stereocenters. The molecule has 1 heterocycles. The van der Waals surface area contributed by atoms with Crippen LogP contribution in [0.2, 0.25) is 0 Å². The topological polar surface area (TPSA) is 77.0 Å². The zero-order valence-corrected chi connectivity index (χ0v) is 9.07. The number of nitrogens with two attached hydrogens (primary N) is 1.